The maximum Gasteiger partial charge on any atom is 0.224 e. The fourth-order valence-corrected chi connectivity index (χ4v) is 2.31. The van der Waals surface area contributed by atoms with Crippen molar-refractivity contribution >= 4 is 21.8 Å². The van der Waals surface area contributed by atoms with Crippen LogP contribution in [-0.4, -0.2) is 30.3 Å². The van der Waals surface area contributed by atoms with Crippen molar-refractivity contribution in [2.24, 2.45) is 0 Å². The van der Waals surface area contributed by atoms with Crippen molar-refractivity contribution in [3.8, 4) is 5.75 Å². The number of aryl methyl sites for hydroxylation is 1. The van der Waals surface area contributed by atoms with Crippen LogP contribution in [0.3, 0.4) is 0 Å². The molecule has 23 heavy (non-hydrogen) atoms. The van der Waals surface area contributed by atoms with Crippen molar-refractivity contribution < 1.29 is 14.6 Å². The first kappa shape index (κ1) is 17.5. The van der Waals surface area contributed by atoms with Crippen LogP contribution in [0.25, 0.3) is 0 Å². The van der Waals surface area contributed by atoms with Crippen molar-refractivity contribution in [3.63, 3.8) is 0 Å². The fourth-order valence-electron chi connectivity index (χ4n) is 2.05. The first-order valence-corrected chi connectivity index (χ1v) is 8.21. The Morgan fingerprint density at radius 1 is 1.22 bits per heavy atom. The molecule has 5 heteroatoms. The van der Waals surface area contributed by atoms with Gasteiger partial charge in [-0.25, -0.2) is 0 Å². The van der Waals surface area contributed by atoms with E-state index in [2.05, 4.69) is 21.2 Å². The second-order valence-corrected chi connectivity index (χ2v) is 6.25. The standard InChI is InChI=1S/C18H20BrNO3/c1-13-4-2-3-5-17(13)23-12-16(21)11-20-18(22)10-14-6-8-15(19)9-7-14/h2-9,16,21H,10-12H2,1H3,(H,20,22). The third-order valence-electron chi connectivity index (χ3n) is 3.34. The first-order chi connectivity index (χ1) is 11.0. The highest BCUT2D eigenvalue weighted by Crippen LogP contribution is 2.16. The van der Waals surface area contributed by atoms with Gasteiger partial charge in [0.1, 0.15) is 18.5 Å². The minimum Gasteiger partial charge on any atom is -0.491 e. The number of nitrogens with one attached hydrogen (secondary N) is 1. The lowest BCUT2D eigenvalue weighted by atomic mass is 10.1. The molecule has 0 aliphatic carbocycles. The minimum absolute atomic E-state index is 0.123. The molecule has 0 aromatic heterocycles. The summed E-state index contributed by atoms with van der Waals surface area (Å²) in [5.41, 5.74) is 1.94. The van der Waals surface area contributed by atoms with Crippen LogP contribution >= 0.6 is 15.9 Å². The zero-order valence-electron chi connectivity index (χ0n) is 13.0. The van der Waals surface area contributed by atoms with E-state index >= 15 is 0 Å². The van der Waals surface area contributed by atoms with Crippen LogP contribution < -0.4 is 10.1 Å². The normalized spacial score (nSPS) is 11.8. The molecule has 1 amide bonds. The molecule has 2 rings (SSSR count). The summed E-state index contributed by atoms with van der Waals surface area (Å²) >= 11 is 3.36. The van der Waals surface area contributed by atoms with Crippen LogP contribution in [0.5, 0.6) is 5.75 Å². The smallest absolute Gasteiger partial charge is 0.224 e. The molecule has 0 radical (unpaired) electrons. The van der Waals surface area contributed by atoms with Gasteiger partial charge < -0.3 is 15.2 Å². The zero-order chi connectivity index (χ0) is 16.7. The Bertz CT molecular complexity index is 643. The monoisotopic (exact) mass is 377 g/mol. The molecule has 4 nitrogen and oxygen atoms in total. The number of carbonyl (C=O) groups excluding carboxylic acids is 1. The number of benzene rings is 2. The van der Waals surface area contributed by atoms with Gasteiger partial charge >= 0.3 is 0 Å². The largest absolute Gasteiger partial charge is 0.491 e. The third-order valence-corrected chi connectivity index (χ3v) is 3.87. The van der Waals surface area contributed by atoms with Gasteiger partial charge in [-0.2, -0.15) is 0 Å². The van der Waals surface area contributed by atoms with Crippen molar-refractivity contribution in [1.82, 2.24) is 5.32 Å². The van der Waals surface area contributed by atoms with Gasteiger partial charge in [-0.15, -0.1) is 0 Å². The number of aliphatic hydroxyl groups excluding tert-OH is 1. The molecule has 0 aliphatic rings. The molecule has 122 valence electrons. The number of carbonyl (C=O) groups is 1. The molecule has 1 atom stereocenters. The molecule has 1 unspecified atom stereocenters. The number of halogens is 1. The first-order valence-electron chi connectivity index (χ1n) is 7.42. The van der Waals surface area contributed by atoms with E-state index in [1.807, 2.05) is 55.5 Å². The van der Waals surface area contributed by atoms with Gasteiger partial charge in [0.15, 0.2) is 0 Å². The van der Waals surface area contributed by atoms with Crippen LogP contribution in [0.4, 0.5) is 0 Å². The van der Waals surface area contributed by atoms with Gasteiger partial charge in [0.05, 0.1) is 6.42 Å². The predicted molar refractivity (Wildman–Crippen MR) is 93.5 cm³/mol. The highest BCUT2D eigenvalue weighted by atomic mass is 79.9. The fraction of sp³-hybridized carbons (Fsp3) is 0.278. The number of aliphatic hydroxyl groups is 1. The van der Waals surface area contributed by atoms with E-state index in [9.17, 15) is 9.90 Å². The number of hydrogen-bond donors (Lipinski definition) is 2. The van der Waals surface area contributed by atoms with Gasteiger partial charge in [-0.1, -0.05) is 46.3 Å². The summed E-state index contributed by atoms with van der Waals surface area (Å²) in [6, 6.07) is 15.2. The van der Waals surface area contributed by atoms with Crippen LogP contribution in [0.1, 0.15) is 11.1 Å². The Labute approximate surface area is 144 Å². The van der Waals surface area contributed by atoms with Gasteiger partial charge in [0, 0.05) is 11.0 Å². The molecule has 2 aromatic carbocycles. The average Bonchev–Trinajstić information content (AvgIpc) is 2.54. The summed E-state index contributed by atoms with van der Waals surface area (Å²) in [6.45, 7) is 2.26. The number of ether oxygens (including phenoxy) is 1. The van der Waals surface area contributed by atoms with E-state index in [1.165, 1.54) is 0 Å². The van der Waals surface area contributed by atoms with E-state index in [0.29, 0.717) is 6.42 Å². The molecular weight excluding hydrogens is 358 g/mol. The highest BCUT2D eigenvalue weighted by Gasteiger charge is 2.09. The summed E-state index contributed by atoms with van der Waals surface area (Å²) in [4.78, 5) is 11.9. The summed E-state index contributed by atoms with van der Waals surface area (Å²) in [5, 5.41) is 12.6. The average molecular weight is 378 g/mol. The Morgan fingerprint density at radius 2 is 1.91 bits per heavy atom. The molecule has 2 N–H and O–H groups in total. The number of rotatable bonds is 7. The molecule has 0 heterocycles. The summed E-state index contributed by atoms with van der Waals surface area (Å²) in [6.07, 6.45) is -0.456. The van der Waals surface area contributed by atoms with Crippen molar-refractivity contribution in [2.45, 2.75) is 19.4 Å². The molecule has 2 aromatic rings. The molecule has 0 bridgehead atoms. The Morgan fingerprint density at radius 3 is 2.61 bits per heavy atom. The van der Waals surface area contributed by atoms with Gasteiger partial charge in [0.2, 0.25) is 5.91 Å². The number of amides is 1. The predicted octanol–water partition coefficient (Wildman–Crippen LogP) is 2.86. The van der Waals surface area contributed by atoms with Crippen molar-refractivity contribution in [3.05, 3.63) is 64.1 Å². The molecule has 0 aliphatic heterocycles. The van der Waals surface area contributed by atoms with E-state index < -0.39 is 6.10 Å². The van der Waals surface area contributed by atoms with E-state index in [-0.39, 0.29) is 19.1 Å². The molecule has 0 fully saturated rings. The lowest BCUT2D eigenvalue weighted by Crippen LogP contribution is -2.36. The van der Waals surface area contributed by atoms with Crippen molar-refractivity contribution in [2.75, 3.05) is 13.2 Å². The van der Waals surface area contributed by atoms with E-state index in [1.54, 1.807) is 0 Å². The quantitative estimate of drug-likeness (QED) is 0.779. The molecule has 0 saturated carbocycles. The lowest BCUT2D eigenvalue weighted by Gasteiger charge is -2.14. The maximum absolute atomic E-state index is 11.9. The maximum atomic E-state index is 11.9. The zero-order valence-corrected chi connectivity index (χ0v) is 14.5. The van der Waals surface area contributed by atoms with Crippen LogP contribution in [0.15, 0.2) is 53.0 Å². The SMILES string of the molecule is Cc1ccccc1OCC(O)CNC(=O)Cc1ccc(Br)cc1. The minimum atomic E-state index is -0.747. The second-order valence-electron chi connectivity index (χ2n) is 5.34. The molecule has 0 saturated heterocycles. The van der Waals surface area contributed by atoms with Crippen LogP contribution in [0.2, 0.25) is 0 Å². The summed E-state index contributed by atoms with van der Waals surface area (Å²) in [7, 11) is 0. The Balaban J connectivity index is 1.71. The highest BCUT2D eigenvalue weighted by molar-refractivity contribution is 9.10. The third kappa shape index (κ3) is 6.04. The van der Waals surface area contributed by atoms with Crippen LogP contribution in [-0.2, 0) is 11.2 Å². The van der Waals surface area contributed by atoms with Gasteiger partial charge in [0.25, 0.3) is 0 Å². The number of para-hydroxylation sites is 1. The van der Waals surface area contributed by atoms with Crippen molar-refractivity contribution in [1.29, 1.82) is 0 Å². The van der Waals surface area contributed by atoms with Gasteiger partial charge in [-0.3, -0.25) is 4.79 Å². The summed E-state index contributed by atoms with van der Waals surface area (Å²) < 4.78 is 6.53. The second kappa shape index (κ2) is 8.70. The molecule has 0 spiro atoms. The summed E-state index contributed by atoms with van der Waals surface area (Å²) in [5.74, 6) is 0.620. The lowest BCUT2D eigenvalue weighted by molar-refractivity contribution is -0.121. The van der Waals surface area contributed by atoms with E-state index in [0.717, 1.165) is 21.3 Å². The Kier molecular flexibility index (Phi) is 6.62. The van der Waals surface area contributed by atoms with Gasteiger partial charge in [-0.05, 0) is 36.2 Å². The Hall–Kier alpha value is -1.85. The molecular formula is C18H20BrNO3. The number of hydrogen-bond acceptors (Lipinski definition) is 3. The van der Waals surface area contributed by atoms with Crippen LogP contribution in [0, 0.1) is 6.92 Å². The van der Waals surface area contributed by atoms with E-state index in [4.69, 9.17) is 4.74 Å². The topological polar surface area (TPSA) is 58.6 Å².